The zero-order chi connectivity index (χ0) is 22.2. The second kappa shape index (κ2) is 14.8. The van der Waals surface area contributed by atoms with Gasteiger partial charge in [-0.1, -0.05) is 0 Å². The van der Waals surface area contributed by atoms with Crippen molar-refractivity contribution in [1.82, 2.24) is 5.01 Å². The summed E-state index contributed by atoms with van der Waals surface area (Å²) in [7, 11) is 4.47. The fourth-order valence-corrected chi connectivity index (χ4v) is 2.25. The number of aldehydes is 1. The Bertz CT molecular complexity index is 815. The van der Waals surface area contributed by atoms with Crippen LogP contribution in [0.1, 0.15) is 25.0 Å². The molecule has 0 aliphatic rings. The summed E-state index contributed by atoms with van der Waals surface area (Å²) in [5.41, 5.74) is 3.01. The van der Waals surface area contributed by atoms with E-state index in [-0.39, 0.29) is 11.6 Å². The molecule has 2 aromatic rings. The van der Waals surface area contributed by atoms with Gasteiger partial charge in [0.25, 0.3) is 0 Å². The van der Waals surface area contributed by atoms with Gasteiger partial charge in [0.2, 0.25) is 0 Å². The predicted octanol–water partition coefficient (Wildman–Crippen LogP) is 4.18. The molecule has 0 fully saturated rings. The van der Waals surface area contributed by atoms with Gasteiger partial charge in [0, 0.05) is 27.4 Å². The fourth-order valence-electron chi connectivity index (χ4n) is 2.25. The molecule has 0 unspecified atom stereocenters. The van der Waals surface area contributed by atoms with Gasteiger partial charge >= 0.3 is 0 Å². The molecule has 1 N–H and O–H groups in total. The number of aliphatic hydroxyl groups excluding tert-OH is 1. The first-order chi connectivity index (χ1) is 14.0. The molecule has 0 aromatic heterocycles. The van der Waals surface area contributed by atoms with E-state index in [1.165, 1.54) is 31.2 Å². The summed E-state index contributed by atoms with van der Waals surface area (Å²) < 4.78 is 26.3. The van der Waals surface area contributed by atoms with E-state index in [0.717, 1.165) is 30.2 Å². The Labute approximate surface area is 170 Å². The van der Waals surface area contributed by atoms with E-state index >= 15 is 0 Å². The quantitative estimate of drug-likeness (QED) is 0.463. The summed E-state index contributed by atoms with van der Waals surface area (Å²) in [6.07, 6.45) is 4.26. The molecule has 0 heterocycles. The van der Waals surface area contributed by atoms with Crippen LogP contribution in [0.5, 0.6) is 0 Å². The summed E-state index contributed by atoms with van der Waals surface area (Å²) >= 11 is 0. The molecule has 0 amide bonds. The first kappa shape index (κ1) is 25.8. The molecule has 0 saturated heterocycles. The molecule has 0 saturated carbocycles. The maximum absolute atomic E-state index is 13.2. The van der Waals surface area contributed by atoms with E-state index in [1.54, 1.807) is 49.6 Å². The Hall–Kier alpha value is -3.19. The predicted molar refractivity (Wildman–Crippen MR) is 115 cm³/mol. The first-order valence-electron chi connectivity index (χ1n) is 8.74. The molecule has 0 radical (unpaired) electrons. The van der Waals surface area contributed by atoms with E-state index < -0.39 is 0 Å². The molecule has 2 rings (SSSR count). The Morgan fingerprint density at radius 2 is 1.34 bits per heavy atom. The summed E-state index contributed by atoms with van der Waals surface area (Å²) in [5, 5.41) is 12.9. The average Bonchev–Trinajstić information content (AvgIpc) is 2.73. The van der Waals surface area contributed by atoms with Gasteiger partial charge in [-0.2, -0.15) is 5.10 Å². The van der Waals surface area contributed by atoms with Crippen LogP contribution in [0.25, 0.3) is 5.70 Å². The number of carbonyl (C=O) groups excluding carboxylic acids is 1. The first-order valence-corrected chi connectivity index (χ1v) is 8.74. The van der Waals surface area contributed by atoms with Crippen molar-refractivity contribution in [3.05, 3.63) is 77.4 Å². The van der Waals surface area contributed by atoms with Crippen LogP contribution < -0.4 is 0 Å². The zero-order valence-electron chi connectivity index (χ0n) is 17.3. The van der Waals surface area contributed by atoms with E-state index in [4.69, 9.17) is 9.90 Å². The van der Waals surface area contributed by atoms with Crippen LogP contribution in [0.4, 0.5) is 8.78 Å². The van der Waals surface area contributed by atoms with Crippen LogP contribution in [0.15, 0.2) is 64.7 Å². The van der Waals surface area contributed by atoms with Gasteiger partial charge in [0.15, 0.2) is 0 Å². The monoisotopic (exact) mass is 403 g/mol. The third kappa shape index (κ3) is 9.03. The van der Waals surface area contributed by atoms with Gasteiger partial charge < -0.3 is 9.90 Å². The van der Waals surface area contributed by atoms with Crippen LogP contribution in [0.3, 0.4) is 0 Å². The average molecular weight is 403 g/mol. The van der Waals surface area contributed by atoms with Crippen molar-refractivity contribution in [3.63, 3.8) is 0 Å². The van der Waals surface area contributed by atoms with Crippen molar-refractivity contribution in [2.45, 2.75) is 13.8 Å². The molecule has 2 aromatic carbocycles. The van der Waals surface area contributed by atoms with Gasteiger partial charge in [-0.3, -0.25) is 10.0 Å². The molecule has 7 heteroatoms. The minimum atomic E-state index is -0.303. The topological polar surface area (TPSA) is 65.3 Å². The summed E-state index contributed by atoms with van der Waals surface area (Å²) in [6.45, 7) is 3.26. The highest BCUT2D eigenvalue weighted by Gasteiger charge is 2.10. The molecular weight excluding hydrogens is 376 g/mol. The van der Waals surface area contributed by atoms with E-state index in [9.17, 15) is 8.78 Å². The number of benzene rings is 2. The molecule has 29 heavy (non-hydrogen) atoms. The number of allylic oxidation sites excluding steroid dienone is 1. The smallest absolute Gasteiger partial charge is 0.123 e. The number of nitrogens with zero attached hydrogens (tertiary/aromatic N) is 3. The lowest BCUT2D eigenvalue weighted by Crippen LogP contribution is -2.12. The highest BCUT2D eigenvalue weighted by Crippen LogP contribution is 2.20. The van der Waals surface area contributed by atoms with Crippen molar-refractivity contribution in [2.75, 3.05) is 21.2 Å². The lowest BCUT2D eigenvalue weighted by molar-refractivity contribution is -0.106. The molecule has 0 spiro atoms. The number of hydrogen-bond donors (Lipinski definition) is 1. The van der Waals surface area contributed by atoms with Gasteiger partial charge in [-0.05, 0) is 79.6 Å². The summed E-state index contributed by atoms with van der Waals surface area (Å²) in [4.78, 5) is 13.1. The number of halogens is 2. The van der Waals surface area contributed by atoms with E-state index in [2.05, 4.69) is 10.1 Å². The minimum absolute atomic E-state index is 0.301. The highest BCUT2D eigenvalue weighted by molar-refractivity contribution is 6.12. The second-order valence-corrected chi connectivity index (χ2v) is 5.29. The largest absolute Gasteiger partial charge is 0.400 e. The normalized spacial score (nSPS) is 11.2. The van der Waals surface area contributed by atoms with E-state index in [0.29, 0.717) is 5.71 Å². The molecule has 0 atom stereocenters. The Morgan fingerprint density at radius 3 is 1.72 bits per heavy atom. The Balaban J connectivity index is 0.00000143. The van der Waals surface area contributed by atoms with Gasteiger partial charge in [0.05, 0.1) is 11.4 Å². The maximum atomic E-state index is 13.2. The van der Waals surface area contributed by atoms with Gasteiger partial charge in [0.1, 0.15) is 17.9 Å². The highest BCUT2D eigenvalue weighted by atomic mass is 19.1. The van der Waals surface area contributed by atoms with Crippen LogP contribution in [0, 0.1) is 11.6 Å². The van der Waals surface area contributed by atoms with Crippen molar-refractivity contribution in [2.24, 2.45) is 10.1 Å². The molecule has 0 aliphatic heterocycles. The third-order valence-corrected chi connectivity index (χ3v) is 3.43. The van der Waals surface area contributed by atoms with Crippen molar-refractivity contribution < 1.29 is 18.7 Å². The number of hydrazone groups is 1. The summed E-state index contributed by atoms with van der Waals surface area (Å²) in [5.74, 6) is -0.604. The fraction of sp³-hybridized carbons (Fsp3) is 0.227. The minimum Gasteiger partial charge on any atom is -0.400 e. The van der Waals surface area contributed by atoms with Gasteiger partial charge in [-0.15, -0.1) is 0 Å². The number of aliphatic imine (C=N–C) groups is 1. The SMILES string of the molecule is C/C=N\N(C)/C(=C\C(=NC)c1ccc(F)cc1)c1ccc(F)cc1.CC=O.CO. The van der Waals surface area contributed by atoms with Crippen molar-refractivity contribution in [1.29, 1.82) is 0 Å². The lowest BCUT2D eigenvalue weighted by Gasteiger charge is -2.18. The van der Waals surface area contributed by atoms with Crippen molar-refractivity contribution in [3.8, 4) is 0 Å². The second-order valence-electron chi connectivity index (χ2n) is 5.29. The molecule has 0 bridgehead atoms. The van der Waals surface area contributed by atoms with E-state index in [1.807, 2.05) is 13.0 Å². The maximum Gasteiger partial charge on any atom is 0.123 e. The van der Waals surface area contributed by atoms with Crippen molar-refractivity contribution >= 4 is 23.9 Å². The third-order valence-electron chi connectivity index (χ3n) is 3.43. The Kier molecular flexibility index (Phi) is 13.2. The van der Waals surface area contributed by atoms with Crippen LogP contribution in [0.2, 0.25) is 0 Å². The summed E-state index contributed by atoms with van der Waals surface area (Å²) in [6, 6.07) is 12.3. The molecule has 156 valence electrons. The number of rotatable bonds is 5. The standard InChI is InChI=1S/C19H19F2N3.C2H4O.CH4O/c1-4-23-24(3)19(15-7-11-17(21)12-8-15)13-18(22-2)14-5-9-16(20)10-6-14;1-2-3;1-2/h4-13H,1-3H3;2H,1H3;2H,1H3/b19-13-,22-18?,23-4-;;. The Morgan fingerprint density at radius 1 is 0.931 bits per heavy atom. The lowest BCUT2D eigenvalue weighted by atomic mass is 10.1. The molecule has 5 nitrogen and oxygen atoms in total. The number of aliphatic hydroxyl groups is 1. The zero-order valence-corrected chi connectivity index (χ0v) is 17.3. The molecular formula is C22H27F2N3O2. The van der Waals surface area contributed by atoms with Crippen LogP contribution >= 0.6 is 0 Å². The van der Waals surface area contributed by atoms with Crippen LogP contribution in [-0.4, -0.2) is 49.5 Å². The molecule has 0 aliphatic carbocycles. The number of carbonyl (C=O) groups is 1. The van der Waals surface area contributed by atoms with Gasteiger partial charge in [-0.25, -0.2) is 8.78 Å². The number of hydrogen-bond acceptors (Lipinski definition) is 5. The van der Waals surface area contributed by atoms with Crippen LogP contribution in [-0.2, 0) is 4.79 Å².